The second kappa shape index (κ2) is 5.48. The van der Waals surface area contributed by atoms with Crippen LogP contribution in [0.1, 0.15) is 10.4 Å². The van der Waals surface area contributed by atoms with E-state index in [0.29, 0.717) is 33.6 Å². The van der Waals surface area contributed by atoms with Gasteiger partial charge in [-0.1, -0.05) is 18.2 Å². The van der Waals surface area contributed by atoms with Gasteiger partial charge in [-0.05, 0) is 24.3 Å². The molecule has 0 aliphatic rings. The van der Waals surface area contributed by atoms with Crippen molar-refractivity contribution in [2.45, 2.75) is 0 Å². The van der Waals surface area contributed by atoms with Crippen LogP contribution in [0.3, 0.4) is 0 Å². The van der Waals surface area contributed by atoms with E-state index >= 15 is 0 Å². The predicted octanol–water partition coefficient (Wildman–Crippen LogP) is 2.44. The molecule has 0 saturated carbocycles. The predicted molar refractivity (Wildman–Crippen MR) is 95.4 cm³/mol. The number of para-hydroxylation sites is 1. The second-order valence-electron chi connectivity index (χ2n) is 5.60. The lowest BCUT2D eigenvalue weighted by Gasteiger charge is -2.06. The number of fused-ring (bicyclic) bond motifs is 2. The topological polar surface area (TPSA) is 114 Å². The lowest BCUT2D eigenvalue weighted by Crippen LogP contribution is -2.13. The summed E-state index contributed by atoms with van der Waals surface area (Å²) < 4.78 is 4.71. The number of aromatic nitrogens is 3. The number of nitrogens with zero attached hydrogens (tertiary/aromatic N) is 1. The Kier molecular flexibility index (Phi) is 3.28. The van der Waals surface area contributed by atoms with Gasteiger partial charge < -0.3 is 20.4 Å². The number of ether oxygens (including phenoxy) is 1. The molecule has 2 heterocycles. The quantitative estimate of drug-likeness (QED) is 0.487. The number of nitrogens with two attached hydrogens (primary N) is 1. The number of hydrogen-bond acceptors (Lipinski definition) is 5. The van der Waals surface area contributed by atoms with Crippen LogP contribution >= 0.6 is 0 Å². The van der Waals surface area contributed by atoms with Gasteiger partial charge in [0, 0.05) is 5.39 Å². The number of hydrogen-bond donors (Lipinski definition) is 3. The molecule has 4 aromatic rings. The van der Waals surface area contributed by atoms with Crippen molar-refractivity contribution in [2.75, 3.05) is 12.8 Å². The summed E-state index contributed by atoms with van der Waals surface area (Å²) >= 11 is 0. The zero-order valence-electron chi connectivity index (χ0n) is 13.3. The third-order valence-electron chi connectivity index (χ3n) is 4.10. The summed E-state index contributed by atoms with van der Waals surface area (Å²) in [5.41, 5.74) is 8.81. The number of esters is 1. The van der Waals surface area contributed by atoms with Gasteiger partial charge in [0.25, 0.3) is 5.56 Å². The fourth-order valence-corrected chi connectivity index (χ4v) is 2.88. The molecule has 7 heteroatoms. The summed E-state index contributed by atoms with van der Waals surface area (Å²) in [4.78, 5) is 34.4. The van der Waals surface area contributed by atoms with Crippen molar-refractivity contribution in [1.29, 1.82) is 0 Å². The minimum atomic E-state index is -0.443. The van der Waals surface area contributed by atoms with E-state index in [4.69, 9.17) is 10.5 Å². The van der Waals surface area contributed by atoms with Crippen molar-refractivity contribution < 1.29 is 9.53 Å². The van der Waals surface area contributed by atoms with Gasteiger partial charge in [0.2, 0.25) is 0 Å². The summed E-state index contributed by atoms with van der Waals surface area (Å²) in [6, 6.07) is 12.2. The Morgan fingerprint density at radius 2 is 1.92 bits per heavy atom. The number of imidazole rings is 1. The lowest BCUT2D eigenvalue weighted by molar-refractivity contribution is 0.0601. The summed E-state index contributed by atoms with van der Waals surface area (Å²) in [7, 11) is 1.32. The first-order valence-corrected chi connectivity index (χ1v) is 7.57. The number of nitrogen functional groups attached to an aromatic ring is 1. The van der Waals surface area contributed by atoms with Gasteiger partial charge >= 0.3 is 5.97 Å². The Hall–Kier alpha value is -3.61. The second-order valence-corrected chi connectivity index (χ2v) is 5.60. The maximum Gasteiger partial charge on any atom is 0.337 e. The van der Waals surface area contributed by atoms with Crippen molar-refractivity contribution in [3.05, 3.63) is 58.4 Å². The molecule has 0 spiro atoms. The monoisotopic (exact) mass is 334 g/mol. The number of rotatable bonds is 2. The van der Waals surface area contributed by atoms with Gasteiger partial charge in [0.15, 0.2) is 0 Å². The summed E-state index contributed by atoms with van der Waals surface area (Å²) in [6.45, 7) is 0. The molecule has 2 aromatic carbocycles. The van der Waals surface area contributed by atoms with E-state index in [1.54, 1.807) is 24.3 Å². The molecule has 124 valence electrons. The number of methoxy groups -OCH3 is 1. The van der Waals surface area contributed by atoms with E-state index in [9.17, 15) is 9.59 Å². The Bertz CT molecular complexity index is 1190. The Morgan fingerprint density at radius 1 is 1.12 bits per heavy atom. The van der Waals surface area contributed by atoms with Crippen LogP contribution < -0.4 is 11.3 Å². The number of nitrogens with one attached hydrogen (secondary N) is 2. The van der Waals surface area contributed by atoms with Gasteiger partial charge in [-0.2, -0.15) is 0 Å². The maximum absolute atomic E-state index is 12.5. The summed E-state index contributed by atoms with van der Waals surface area (Å²) in [5, 5.41) is 0.743. The number of benzene rings is 2. The highest BCUT2D eigenvalue weighted by molar-refractivity contribution is 5.98. The number of carbonyl (C=O) groups is 1. The molecular formula is C18H14N4O3. The molecule has 0 unspecified atom stereocenters. The molecule has 0 bridgehead atoms. The molecule has 4 rings (SSSR count). The first-order chi connectivity index (χ1) is 12.1. The lowest BCUT2D eigenvalue weighted by atomic mass is 10.1. The van der Waals surface area contributed by atoms with Crippen LogP contribution in [0.5, 0.6) is 0 Å². The molecule has 0 saturated heterocycles. The molecule has 2 aromatic heterocycles. The standard InChI is InChI=1S/C18H14N4O3/c1-25-18(24)9-6-7-12-13(8-9)21-16(20-12)14-15(19)10-4-2-3-5-11(10)22-17(14)23/h2-8H,1H3,(H,20,21)(H3,19,22,23). The fraction of sp³-hybridized carbons (Fsp3) is 0.0556. The summed E-state index contributed by atoms with van der Waals surface area (Å²) in [5.74, 6) is -0.0948. The van der Waals surface area contributed by atoms with E-state index in [0.717, 1.165) is 5.39 Å². The average Bonchev–Trinajstić information content (AvgIpc) is 3.03. The minimum absolute atomic E-state index is 0.273. The van der Waals surface area contributed by atoms with Gasteiger partial charge in [0.05, 0.1) is 34.9 Å². The number of H-pyrrole nitrogens is 2. The van der Waals surface area contributed by atoms with Gasteiger partial charge in [-0.3, -0.25) is 4.79 Å². The van der Waals surface area contributed by atoms with Crippen LogP contribution in [0.25, 0.3) is 33.3 Å². The highest BCUT2D eigenvalue weighted by atomic mass is 16.5. The highest BCUT2D eigenvalue weighted by Gasteiger charge is 2.16. The minimum Gasteiger partial charge on any atom is -0.465 e. The first-order valence-electron chi connectivity index (χ1n) is 7.57. The van der Waals surface area contributed by atoms with Gasteiger partial charge in [0.1, 0.15) is 11.4 Å². The van der Waals surface area contributed by atoms with Crippen molar-refractivity contribution in [3.8, 4) is 11.4 Å². The third kappa shape index (κ3) is 2.33. The van der Waals surface area contributed by atoms with E-state index in [1.165, 1.54) is 7.11 Å². The van der Waals surface area contributed by atoms with E-state index in [-0.39, 0.29) is 11.1 Å². The van der Waals surface area contributed by atoms with Crippen LogP contribution in [-0.2, 0) is 4.74 Å². The molecule has 0 aliphatic carbocycles. The zero-order valence-corrected chi connectivity index (χ0v) is 13.3. The molecule has 0 atom stereocenters. The Balaban J connectivity index is 1.94. The molecule has 7 nitrogen and oxygen atoms in total. The van der Waals surface area contributed by atoms with Crippen molar-refractivity contribution in [1.82, 2.24) is 15.0 Å². The van der Waals surface area contributed by atoms with Crippen LogP contribution in [0.2, 0.25) is 0 Å². The molecule has 25 heavy (non-hydrogen) atoms. The Labute approximate surface area is 141 Å². The number of carbonyl (C=O) groups excluding carboxylic acids is 1. The third-order valence-corrected chi connectivity index (χ3v) is 4.10. The summed E-state index contributed by atoms with van der Waals surface area (Å²) in [6.07, 6.45) is 0. The van der Waals surface area contributed by atoms with E-state index in [2.05, 4.69) is 15.0 Å². The van der Waals surface area contributed by atoms with Crippen LogP contribution in [0, 0.1) is 0 Å². The van der Waals surface area contributed by atoms with Crippen LogP contribution in [0.4, 0.5) is 5.69 Å². The Morgan fingerprint density at radius 3 is 2.72 bits per heavy atom. The average molecular weight is 334 g/mol. The number of aromatic amines is 2. The van der Waals surface area contributed by atoms with Crippen molar-refractivity contribution in [3.63, 3.8) is 0 Å². The number of pyridine rings is 1. The molecular weight excluding hydrogens is 320 g/mol. The zero-order chi connectivity index (χ0) is 17.6. The smallest absolute Gasteiger partial charge is 0.337 e. The van der Waals surface area contributed by atoms with Crippen molar-refractivity contribution >= 4 is 33.6 Å². The molecule has 4 N–H and O–H groups in total. The van der Waals surface area contributed by atoms with Crippen LogP contribution in [-0.4, -0.2) is 28.0 Å². The maximum atomic E-state index is 12.5. The SMILES string of the molecule is COC(=O)c1ccc2nc(-c3c(N)c4ccccc4[nH]c3=O)[nH]c2c1. The first kappa shape index (κ1) is 14.9. The number of anilines is 1. The molecule has 0 fully saturated rings. The fourth-order valence-electron chi connectivity index (χ4n) is 2.88. The molecule has 0 aliphatic heterocycles. The normalized spacial score (nSPS) is 11.1. The van der Waals surface area contributed by atoms with E-state index in [1.807, 2.05) is 18.2 Å². The largest absolute Gasteiger partial charge is 0.465 e. The molecule has 0 amide bonds. The van der Waals surface area contributed by atoms with Crippen molar-refractivity contribution in [2.24, 2.45) is 0 Å². The van der Waals surface area contributed by atoms with Gasteiger partial charge in [-0.25, -0.2) is 9.78 Å². The molecule has 0 radical (unpaired) electrons. The van der Waals surface area contributed by atoms with Crippen LogP contribution in [0.15, 0.2) is 47.3 Å². The highest BCUT2D eigenvalue weighted by Crippen LogP contribution is 2.28. The van der Waals surface area contributed by atoms with Gasteiger partial charge in [-0.15, -0.1) is 0 Å². The van der Waals surface area contributed by atoms with E-state index < -0.39 is 5.97 Å².